The summed E-state index contributed by atoms with van der Waals surface area (Å²) < 4.78 is 6.55. The average Bonchev–Trinajstić information content (AvgIpc) is 2.60. The highest BCUT2D eigenvalue weighted by molar-refractivity contribution is 7.98. The maximum atomic E-state index is 5.25. The van der Waals surface area contributed by atoms with Gasteiger partial charge in [-0.15, -0.1) is 11.8 Å². The molecule has 3 heteroatoms. The van der Waals surface area contributed by atoms with Crippen LogP contribution in [0, 0.1) is 6.92 Å². The van der Waals surface area contributed by atoms with Crippen molar-refractivity contribution in [2.45, 2.75) is 11.8 Å². The van der Waals surface area contributed by atoms with Gasteiger partial charge in [-0.05, 0) is 24.8 Å². The van der Waals surface area contributed by atoms with Gasteiger partial charge in [-0.1, -0.05) is 17.4 Å². The summed E-state index contributed by atoms with van der Waals surface area (Å²) >= 11 is 3.50. The predicted molar refractivity (Wildman–Crippen MR) is 64.9 cm³/mol. The number of aryl methyl sites for hydroxylation is 1. The summed E-state index contributed by atoms with van der Waals surface area (Å²) in [6.45, 7) is 2.15. The summed E-state index contributed by atoms with van der Waals surface area (Å²) in [7, 11) is 1.72. The number of hydrogen-bond donors (Lipinski definition) is 0. The van der Waals surface area contributed by atoms with Gasteiger partial charge in [-0.25, -0.2) is 0 Å². The minimum absolute atomic E-state index is 0.987. The van der Waals surface area contributed by atoms with E-state index in [0.29, 0.717) is 0 Å². The van der Waals surface area contributed by atoms with Crippen LogP contribution in [0.2, 0.25) is 0 Å². The fraction of sp³-hybridized carbons (Fsp3) is 0.273. The highest BCUT2D eigenvalue weighted by atomic mass is 32.2. The molecule has 1 aromatic heterocycles. The molecule has 1 nitrogen and oxygen atoms in total. The third-order valence-corrected chi connectivity index (χ3v) is 4.24. The van der Waals surface area contributed by atoms with Gasteiger partial charge < -0.3 is 4.74 Å². The standard InChI is InChI=1S/C11H12OS2/c1-7-4-5-9-8(11(7)13-3)6-10(12-2)14-9/h4-6H,1-3H3. The van der Waals surface area contributed by atoms with Crippen molar-refractivity contribution in [1.82, 2.24) is 0 Å². The summed E-state index contributed by atoms with van der Waals surface area (Å²) in [4.78, 5) is 1.36. The van der Waals surface area contributed by atoms with Crippen molar-refractivity contribution in [2.24, 2.45) is 0 Å². The molecule has 0 aliphatic heterocycles. The van der Waals surface area contributed by atoms with E-state index in [1.807, 2.05) is 0 Å². The monoisotopic (exact) mass is 224 g/mol. The molecule has 0 unspecified atom stereocenters. The molecule has 1 aromatic carbocycles. The lowest BCUT2D eigenvalue weighted by molar-refractivity contribution is 0.427. The van der Waals surface area contributed by atoms with Gasteiger partial charge in [0.05, 0.1) is 7.11 Å². The van der Waals surface area contributed by atoms with E-state index < -0.39 is 0 Å². The Hall–Kier alpha value is -0.670. The predicted octanol–water partition coefficient (Wildman–Crippen LogP) is 3.94. The van der Waals surface area contributed by atoms with Crippen molar-refractivity contribution in [3.05, 3.63) is 23.8 Å². The number of rotatable bonds is 2. The first-order valence-corrected chi connectivity index (χ1v) is 6.41. The second kappa shape index (κ2) is 3.83. The molecular weight excluding hydrogens is 212 g/mol. The molecule has 0 atom stereocenters. The van der Waals surface area contributed by atoms with Crippen molar-refractivity contribution in [1.29, 1.82) is 0 Å². The molecule has 0 saturated carbocycles. The van der Waals surface area contributed by atoms with Crippen LogP contribution in [0.5, 0.6) is 5.06 Å². The van der Waals surface area contributed by atoms with Crippen molar-refractivity contribution in [3.63, 3.8) is 0 Å². The van der Waals surface area contributed by atoms with Crippen molar-refractivity contribution in [3.8, 4) is 5.06 Å². The second-order valence-corrected chi connectivity index (χ2v) is 4.96. The first-order chi connectivity index (χ1) is 6.76. The fourth-order valence-corrected chi connectivity index (χ4v) is 3.27. The maximum Gasteiger partial charge on any atom is 0.174 e. The van der Waals surface area contributed by atoms with Crippen molar-refractivity contribution >= 4 is 33.2 Å². The smallest absolute Gasteiger partial charge is 0.174 e. The Morgan fingerprint density at radius 2 is 2.14 bits per heavy atom. The van der Waals surface area contributed by atoms with Crippen LogP contribution in [-0.2, 0) is 0 Å². The second-order valence-electron chi connectivity index (χ2n) is 3.10. The highest BCUT2D eigenvalue weighted by Gasteiger charge is 2.07. The van der Waals surface area contributed by atoms with Crippen LogP contribution >= 0.6 is 23.1 Å². The van der Waals surface area contributed by atoms with Crippen LogP contribution in [-0.4, -0.2) is 13.4 Å². The van der Waals surface area contributed by atoms with Gasteiger partial charge in [0.1, 0.15) is 0 Å². The zero-order valence-corrected chi connectivity index (χ0v) is 10.1. The topological polar surface area (TPSA) is 9.23 Å². The van der Waals surface area contributed by atoms with E-state index in [9.17, 15) is 0 Å². The third-order valence-electron chi connectivity index (χ3n) is 2.23. The molecule has 0 spiro atoms. The molecule has 0 amide bonds. The fourth-order valence-electron chi connectivity index (χ4n) is 1.54. The number of benzene rings is 1. The Bertz CT molecular complexity index is 460. The molecule has 74 valence electrons. The van der Waals surface area contributed by atoms with Crippen LogP contribution in [0.1, 0.15) is 5.56 Å². The van der Waals surface area contributed by atoms with Crippen LogP contribution in [0.3, 0.4) is 0 Å². The van der Waals surface area contributed by atoms with Crippen LogP contribution < -0.4 is 4.74 Å². The number of thiophene rings is 1. The Kier molecular flexibility index (Phi) is 2.70. The van der Waals surface area contributed by atoms with Gasteiger partial charge in [-0.2, -0.15) is 0 Å². The van der Waals surface area contributed by atoms with E-state index in [4.69, 9.17) is 4.74 Å². The molecule has 2 rings (SSSR count). The molecule has 0 saturated heterocycles. The first kappa shape index (κ1) is 9.87. The number of hydrogen-bond acceptors (Lipinski definition) is 3. The largest absolute Gasteiger partial charge is 0.487 e. The van der Waals surface area contributed by atoms with Crippen LogP contribution in [0.4, 0.5) is 0 Å². The minimum atomic E-state index is 0.987. The number of methoxy groups -OCH3 is 1. The molecule has 0 radical (unpaired) electrons. The van der Waals surface area contributed by atoms with Crippen molar-refractivity contribution < 1.29 is 4.74 Å². The lowest BCUT2D eigenvalue weighted by atomic mass is 10.2. The summed E-state index contributed by atoms with van der Waals surface area (Å²) in [5, 5.41) is 2.31. The number of fused-ring (bicyclic) bond motifs is 1. The normalized spacial score (nSPS) is 10.8. The van der Waals surface area contributed by atoms with Gasteiger partial charge in [0.15, 0.2) is 5.06 Å². The molecule has 0 N–H and O–H groups in total. The lowest BCUT2D eigenvalue weighted by Gasteiger charge is -2.02. The van der Waals surface area contributed by atoms with Gasteiger partial charge >= 0.3 is 0 Å². The van der Waals surface area contributed by atoms with E-state index in [0.717, 1.165) is 5.06 Å². The average molecular weight is 224 g/mol. The molecular formula is C11H12OS2. The zero-order valence-electron chi connectivity index (χ0n) is 8.46. The number of thioether (sulfide) groups is 1. The molecule has 0 bridgehead atoms. The summed E-state index contributed by atoms with van der Waals surface area (Å²) in [6.07, 6.45) is 2.12. The highest BCUT2D eigenvalue weighted by Crippen LogP contribution is 2.38. The van der Waals surface area contributed by atoms with Crippen LogP contribution in [0.15, 0.2) is 23.1 Å². The Labute approximate surface area is 92.1 Å². The van der Waals surface area contributed by atoms with E-state index in [1.165, 1.54) is 20.5 Å². The van der Waals surface area contributed by atoms with E-state index in [1.54, 1.807) is 30.2 Å². The Morgan fingerprint density at radius 3 is 2.79 bits per heavy atom. The van der Waals surface area contributed by atoms with E-state index in [-0.39, 0.29) is 0 Å². The Morgan fingerprint density at radius 1 is 1.36 bits per heavy atom. The molecule has 0 fully saturated rings. The zero-order chi connectivity index (χ0) is 10.1. The maximum absolute atomic E-state index is 5.25. The van der Waals surface area contributed by atoms with Gasteiger partial charge in [-0.3, -0.25) is 0 Å². The van der Waals surface area contributed by atoms with Crippen LogP contribution in [0.25, 0.3) is 10.1 Å². The quantitative estimate of drug-likeness (QED) is 0.715. The summed E-state index contributed by atoms with van der Waals surface area (Å²) in [6, 6.07) is 6.46. The first-order valence-electron chi connectivity index (χ1n) is 4.37. The molecule has 0 aliphatic carbocycles. The Balaban J connectivity index is 2.73. The van der Waals surface area contributed by atoms with Gasteiger partial charge in [0.25, 0.3) is 0 Å². The molecule has 0 aliphatic rings. The lowest BCUT2D eigenvalue weighted by Crippen LogP contribution is -1.78. The molecule has 14 heavy (non-hydrogen) atoms. The third kappa shape index (κ3) is 1.51. The van der Waals surface area contributed by atoms with Crippen molar-refractivity contribution in [2.75, 3.05) is 13.4 Å². The molecule has 1 heterocycles. The SMILES string of the molecule is COc1cc2c(SC)c(C)ccc2s1. The van der Waals surface area contributed by atoms with E-state index >= 15 is 0 Å². The van der Waals surface area contributed by atoms with E-state index in [2.05, 4.69) is 31.4 Å². The summed E-state index contributed by atoms with van der Waals surface area (Å²) in [5.74, 6) is 0. The van der Waals surface area contributed by atoms with Gasteiger partial charge in [0.2, 0.25) is 0 Å². The molecule has 2 aromatic rings. The van der Waals surface area contributed by atoms with Gasteiger partial charge in [0, 0.05) is 21.0 Å². The summed E-state index contributed by atoms with van der Waals surface area (Å²) in [5.41, 5.74) is 1.34. The number of ether oxygens (including phenoxy) is 1. The minimum Gasteiger partial charge on any atom is -0.487 e.